The van der Waals surface area contributed by atoms with E-state index in [4.69, 9.17) is 56.3 Å². The summed E-state index contributed by atoms with van der Waals surface area (Å²) in [7, 11) is -1.37. The molecule has 0 radical (unpaired) electrons. The van der Waals surface area contributed by atoms with E-state index in [1.54, 1.807) is 30.3 Å². The van der Waals surface area contributed by atoms with Crippen molar-refractivity contribution in [2.75, 3.05) is 105 Å². The number of carbonyl (C=O) groups excluding carboxylic acids is 1. The number of carboxylic acid groups (broad SMARTS) is 2. The van der Waals surface area contributed by atoms with Crippen LogP contribution in [0, 0.1) is 0 Å². The SMILES string of the molecule is O=C(CO)c1cc(Cl)c2c(C3CCC3)nn(C3CCCCC3)c2n1.O=C(O)c1cc(-c2ccc(CCN3CCOCC3)cc2)c2c(C3CCC3)nn(C3CCCCC3)c2n1.O=C(O)c1cc(-c2ccc(CCN3CCOCC3)cc2)c2c(C3CCC3)nn(C3CCCCC3)c2n1.OB(O)c1ccc(CCN2CCOCC2)cc1. The first kappa shape index (κ1) is 80.3. The molecule has 9 aromatic rings. The van der Waals surface area contributed by atoms with Crippen molar-refractivity contribution < 1.29 is 54.0 Å². The molecule has 0 atom stereocenters. The Morgan fingerprint density at radius 2 is 0.726 bits per heavy atom. The molecule has 3 aromatic carbocycles. The third-order valence-corrected chi connectivity index (χ3v) is 25.7. The molecule has 3 saturated heterocycles. The minimum Gasteiger partial charge on any atom is -0.477 e. The van der Waals surface area contributed by atoms with Crippen LogP contribution in [-0.2, 0) is 33.5 Å². The smallest absolute Gasteiger partial charge is 0.477 e. The maximum Gasteiger partial charge on any atom is 0.488 e. The van der Waals surface area contributed by atoms with Crippen LogP contribution in [0.4, 0.5) is 0 Å². The second-order valence-corrected chi connectivity index (χ2v) is 33.2. The number of Topliss-reactive ketones (excluding diaryl/α,β-unsaturated/α-hetero) is 1. The summed E-state index contributed by atoms with van der Waals surface area (Å²) >= 11 is 6.52. The number of benzene rings is 3. The Morgan fingerprint density at radius 1 is 0.407 bits per heavy atom. The third kappa shape index (κ3) is 19.3. The number of carbonyl (C=O) groups is 3. The molecule has 9 heterocycles. The van der Waals surface area contributed by atoms with E-state index < -0.39 is 31.4 Å². The highest BCUT2D eigenvalue weighted by Crippen LogP contribution is 2.47. The van der Waals surface area contributed by atoms with E-state index in [1.165, 1.54) is 93.7 Å². The summed E-state index contributed by atoms with van der Waals surface area (Å²) < 4.78 is 22.4. The number of aliphatic hydroxyl groups is 1. The Balaban J connectivity index is 0.000000123. The first-order valence-corrected chi connectivity index (χ1v) is 42.8. The minimum atomic E-state index is -1.37. The maximum atomic E-state index is 12.1. The number of ether oxygens (including phenoxy) is 3. The minimum absolute atomic E-state index is 0.103. The van der Waals surface area contributed by atoms with Crippen LogP contribution in [0.3, 0.4) is 0 Å². The van der Waals surface area contributed by atoms with Gasteiger partial charge in [0.05, 0.1) is 96.0 Å². The van der Waals surface area contributed by atoms with Crippen molar-refractivity contribution in [2.45, 2.75) is 209 Å². The molecule has 0 amide bonds. The van der Waals surface area contributed by atoms with Gasteiger partial charge in [-0.25, -0.2) is 38.6 Å². The average Bonchev–Trinajstić information content (AvgIpc) is 1.69. The summed E-state index contributed by atoms with van der Waals surface area (Å²) in [6.45, 7) is 13.5. The van der Waals surface area contributed by atoms with Crippen molar-refractivity contribution in [1.82, 2.24) is 59.0 Å². The fraction of sp³-hybridized carbons (Fsp3) is 0.557. The number of carboxylic acids is 2. The van der Waals surface area contributed by atoms with Crippen LogP contribution in [0.1, 0.15) is 255 Å². The number of fused-ring (bicyclic) bond motifs is 3. The Morgan fingerprint density at radius 3 is 1.04 bits per heavy atom. The van der Waals surface area contributed by atoms with Crippen LogP contribution >= 0.6 is 11.6 Å². The van der Waals surface area contributed by atoms with Gasteiger partial charge in [0.15, 0.2) is 28.3 Å². The number of morpholine rings is 3. The number of ketones is 1. The molecule has 0 spiro atoms. The molecule has 6 aromatic heterocycles. The van der Waals surface area contributed by atoms with E-state index in [0.29, 0.717) is 52.0 Å². The van der Waals surface area contributed by atoms with E-state index in [1.807, 2.05) is 16.8 Å². The monoisotopic (exact) mass is 1560 g/mol. The van der Waals surface area contributed by atoms with Crippen molar-refractivity contribution in [1.29, 1.82) is 0 Å². The van der Waals surface area contributed by atoms with Crippen LogP contribution in [0.25, 0.3) is 55.4 Å². The zero-order chi connectivity index (χ0) is 77.7. The summed E-state index contributed by atoms with van der Waals surface area (Å²) in [4.78, 5) is 57.3. The number of rotatable bonds is 22. The Kier molecular flexibility index (Phi) is 27.2. The molecular formula is C88H112BClN12O11. The summed E-state index contributed by atoms with van der Waals surface area (Å²) in [5, 5.41) is 65.8. The van der Waals surface area contributed by atoms with Crippen LogP contribution < -0.4 is 5.46 Å². The highest BCUT2D eigenvalue weighted by atomic mass is 35.5. The van der Waals surface area contributed by atoms with E-state index in [-0.39, 0.29) is 17.1 Å². The largest absolute Gasteiger partial charge is 0.488 e. The highest BCUT2D eigenvalue weighted by molar-refractivity contribution is 6.58. The van der Waals surface area contributed by atoms with Gasteiger partial charge < -0.3 is 39.6 Å². The molecule has 6 saturated carbocycles. The predicted molar refractivity (Wildman–Crippen MR) is 439 cm³/mol. The molecule has 600 valence electrons. The van der Waals surface area contributed by atoms with Crippen LogP contribution in [0.5, 0.6) is 0 Å². The number of hydrogen-bond donors (Lipinski definition) is 5. The topological polar surface area (TPSA) is 282 Å². The Bertz CT molecular complexity index is 4480. The molecular weight excluding hydrogens is 1450 g/mol. The van der Waals surface area contributed by atoms with Crippen molar-refractivity contribution in [3.8, 4) is 22.3 Å². The number of halogens is 1. The fourth-order valence-electron chi connectivity index (χ4n) is 17.9. The van der Waals surface area contributed by atoms with E-state index in [0.717, 1.165) is 262 Å². The standard InChI is InChI=1S/2C29H36N4O3.C18H22ClN3O2.C12H18BNO3/c2*34-29(35)25-19-24(21-11-9-20(10-12-21)13-14-32-15-17-36-18-16-32)26-27(22-5-4-6-22)31-33(28(26)30-25)23-7-2-1-3-8-23;19-13-9-14(15(24)10-23)20-18-16(13)17(11-5-4-6-11)21-22(18)12-7-2-1-3-8-12;15-13(16)12-3-1-11(2-4-12)5-6-14-7-9-17-10-8-14/h2*9-12,19,22-23H,1-8,13-18H2,(H,34,35);9,11-12,23H,1-8,10H2;1-4,15-16H,5-10H2. The van der Waals surface area contributed by atoms with Gasteiger partial charge in [0.1, 0.15) is 12.3 Å². The number of aromatic nitrogens is 9. The molecule has 3 aliphatic heterocycles. The van der Waals surface area contributed by atoms with Gasteiger partial charge in [0, 0.05) is 76.7 Å². The summed E-state index contributed by atoms with van der Waals surface area (Å²) in [6.07, 6.45) is 31.1. The zero-order valence-electron chi connectivity index (χ0n) is 65.5. The van der Waals surface area contributed by atoms with Crippen LogP contribution in [0.2, 0.25) is 5.02 Å². The molecule has 6 aliphatic carbocycles. The zero-order valence-corrected chi connectivity index (χ0v) is 66.3. The molecule has 23 nitrogen and oxygen atoms in total. The molecule has 0 unspecified atom stereocenters. The maximum absolute atomic E-state index is 12.1. The van der Waals surface area contributed by atoms with Gasteiger partial charge in [-0.3, -0.25) is 19.5 Å². The lowest BCUT2D eigenvalue weighted by molar-refractivity contribution is 0.0384. The van der Waals surface area contributed by atoms with Crippen molar-refractivity contribution in [3.63, 3.8) is 0 Å². The van der Waals surface area contributed by atoms with Gasteiger partial charge in [-0.2, -0.15) is 15.3 Å². The van der Waals surface area contributed by atoms with Gasteiger partial charge in [0.2, 0.25) is 5.78 Å². The van der Waals surface area contributed by atoms with E-state index in [2.05, 4.69) is 87.5 Å². The molecule has 25 heteroatoms. The Hall–Kier alpha value is -7.88. The normalized spacial score (nSPS) is 19.5. The second-order valence-electron chi connectivity index (χ2n) is 32.8. The van der Waals surface area contributed by atoms with Crippen molar-refractivity contribution in [3.05, 3.63) is 147 Å². The Labute approximate surface area is 667 Å². The van der Waals surface area contributed by atoms with Crippen molar-refractivity contribution >= 4 is 75.0 Å². The van der Waals surface area contributed by atoms with Crippen molar-refractivity contribution in [2.24, 2.45) is 0 Å². The first-order chi connectivity index (χ1) is 55.3. The summed E-state index contributed by atoms with van der Waals surface area (Å²) in [6, 6.07) is 30.9. The van der Waals surface area contributed by atoms with Gasteiger partial charge >= 0.3 is 19.1 Å². The predicted octanol–water partition coefficient (Wildman–Crippen LogP) is 14.2. The second kappa shape index (κ2) is 38.3. The number of pyridine rings is 3. The number of hydrogen-bond acceptors (Lipinski definition) is 18. The fourth-order valence-corrected chi connectivity index (χ4v) is 18.2. The summed E-state index contributed by atoms with van der Waals surface area (Å²) in [5.74, 6) is -1.03. The summed E-state index contributed by atoms with van der Waals surface area (Å²) in [5.41, 5.74) is 14.3. The number of aromatic carboxylic acids is 2. The molecule has 9 aliphatic rings. The molecule has 5 N–H and O–H groups in total. The number of nitrogens with zero attached hydrogens (tertiary/aromatic N) is 12. The molecule has 9 fully saturated rings. The number of aliphatic hydroxyl groups excluding tert-OH is 1. The van der Waals surface area contributed by atoms with Gasteiger partial charge in [-0.05, 0) is 159 Å². The lowest BCUT2D eigenvalue weighted by Crippen LogP contribution is -2.37. The lowest BCUT2D eigenvalue weighted by Gasteiger charge is -2.26. The van der Waals surface area contributed by atoms with E-state index in [9.17, 15) is 24.6 Å². The van der Waals surface area contributed by atoms with Gasteiger partial charge in [0.25, 0.3) is 0 Å². The first-order valence-electron chi connectivity index (χ1n) is 42.4. The van der Waals surface area contributed by atoms with Gasteiger partial charge in [-0.15, -0.1) is 0 Å². The third-order valence-electron chi connectivity index (χ3n) is 25.4. The molecule has 0 bridgehead atoms. The highest BCUT2D eigenvalue weighted by Gasteiger charge is 2.35. The lowest BCUT2D eigenvalue weighted by atomic mass is 9.80. The van der Waals surface area contributed by atoms with Crippen LogP contribution in [-0.4, -0.2) is 214 Å². The molecule has 18 rings (SSSR count). The van der Waals surface area contributed by atoms with Crippen LogP contribution in [0.15, 0.2) is 91.0 Å². The van der Waals surface area contributed by atoms with Gasteiger partial charge in [-0.1, -0.05) is 161 Å². The van der Waals surface area contributed by atoms with E-state index >= 15 is 0 Å². The quantitative estimate of drug-likeness (QED) is 0.0311. The average molecular weight is 1560 g/mol. The molecule has 113 heavy (non-hydrogen) atoms.